The first-order valence-electron chi connectivity index (χ1n) is 10.4. The van der Waals surface area contributed by atoms with Crippen molar-refractivity contribution in [3.8, 4) is 0 Å². The topological polar surface area (TPSA) is 52.6 Å². The fraction of sp³-hybridized carbons (Fsp3) is 0.905. The third-order valence-corrected chi connectivity index (χ3v) is 4.75. The van der Waals surface area contributed by atoms with E-state index >= 15 is 0 Å². The van der Waals surface area contributed by atoms with E-state index in [-0.39, 0.29) is 0 Å². The monoisotopic (exact) mass is 356 g/mol. The zero-order valence-corrected chi connectivity index (χ0v) is 17.0. The van der Waals surface area contributed by atoms with Gasteiger partial charge in [-0.15, -0.1) is 0 Å². The molecular formula is C21H40O4. The molecule has 4 nitrogen and oxygen atoms in total. The number of hydrogen-bond donors (Lipinski definition) is 0. The molecule has 0 aromatic carbocycles. The van der Waals surface area contributed by atoms with Gasteiger partial charge in [0.05, 0.1) is 13.2 Å². The molecule has 0 atom stereocenters. The highest BCUT2D eigenvalue weighted by Gasteiger charge is 2.47. The first-order chi connectivity index (χ1) is 12.1. The molecule has 0 N–H and O–H groups in total. The molecule has 0 bridgehead atoms. The number of unbranched alkanes of at least 4 members (excludes halogenated alkanes) is 8. The van der Waals surface area contributed by atoms with Gasteiger partial charge in [-0.05, 0) is 26.7 Å². The van der Waals surface area contributed by atoms with Crippen molar-refractivity contribution in [2.24, 2.45) is 5.41 Å². The highest BCUT2D eigenvalue weighted by molar-refractivity contribution is 6.00. The zero-order chi connectivity index (χ0) is 19.0. The third kappa shape index (κ3) is 9.27. The number of esters is 2. The van der Waals surface area contributed by atoms with E-state index in [2.05, 4.69) is 13.8 Å². The average molecular weight is 357 g/mol. The van der Waals surface area contributed by atoms with E-state index in [0.29, 0.717) is 26.1 Å². The lowest BCUT2D eigenvalue weighted by molar-refractivity contribution is -0.173. The summed E-state index contributed by atoms with van der Waals surface area (Å²) in [4.78, 5) is 25.4. The van der Waals surface area contributed by atoms with E-state index in [0.717, 1.165) is 44.9 Å². The van der Waals surface area contributed by atoms with Crippen LogP contribution in [0, 0.1) is 5.41 Å². The second-order valence-corrected chi connectivity index (χ2v) is 6.85. The summed E-state index contributed by atoms with van der Waals surface area (Å²) in [5.74, 6) is -0.781. The highest BCUT2D eigenvalue weighted by atomic mass is 16.6. The molecule has 0 aliphatic rings. The van der Waals surface area contributed by atoms with Gasteiger partial charge >= 0.3 is 11.9 Å². The summed E-state index contributed by atoms with van der Waals surface area (Å²) in [6.07, 6.45) is 12.0. The number of rotatable bonds is 16. The second-order valence-electron chi connectivity index (χ2n) is 6.85. The first-order valence-corrected chi connectivity index (χ1v) is 10.4. The molecule has 0 spiro atoms. The Kier molecular flexibility index (Phi) is 14.6. The number of ether oxygens (including phenoxy) is 2. The van der Waals surface area contributed by atoms with Crippen molar-refractivity contribution >= 4 is 11.9 Å². The van der Waals surface area contributed by atoms with Gasteiger partial charge in [-0.1, -0.05) is 78.1 Å². The van der Waals surface area contributed by atoms with Crippen LogP contribution in [0.5, 0.6) is 0 Å². The van der Waals surface area contributed by atoms with Crippen LogP contribution >= 0.6 is 0 Å². The van der Waals surface area contributed by atoms with Gasteiger partial charge in [0.1, 0.15) is 0 Å². The molecular weight excluding hydrogens is 316 g/mol. The van der Waals surface area contributed by atoms with Gasteiger partial charge in [-0.25, -0.2) is 0 Å². The first kappa shape index (κ1) is 23.9. The second kappa shape index (κ2) is 15.2. The fourth-order valence-corrected chi connectivity index (χ4v) is 3.22. The van der Waals surface area contributed by atoms with Gasteiger partial charge in [-0.3, -0.25) is 9.59 Å². The molecule has 0 saturated heterocycles. The van der Waals surface area contributed by atoms with E-state index in [4.69, 9.17) is 9.47 Å². The molecule has 0 saturated carbocycles. The lowest BCUT2D eigenvalue weighted by atomic mass is 9.77. The van der Waals surface area contributed by atoms with Crippen LogP contribution in [0.2, 0.25) is 0 Å². The Labute approximate surface area is 155 Å². The Morgan fingerprint density at radius 1 is 0.600 bits per heavy atom. The smallest absolute Gasteiger partial charge is 0.323 e. The molecule has 0 aliphatic heterocycles. The SMILES string of the molecule is CCCCCCCCC(CCCCCC)(C(=O)OCC)C(=O)OCC. The Bertz CT molecular complexity index is 334. The zero-order valence-electron chi connectivity index (χ0n) is 17.0. The number of carbonyl (C=O) groups excluding carboxylic acids is 2. The minimum Gasteiger partial charge on any atom is -0.465 e. The van der Waals surface area contributed by atoms with Crippen molar-refractivity contribution in [1.29, 1.82) is 0 Å². The summed E-state index contributed by atoms with van der Waals surface area (Å²) in [5.41, 5.74) is -1.11. The summed E-state index contributed by atoms with van der Waals surface area (Å²) in [7, 11) is 0. The standard InChI is InChI=1S/C21H40O4/c1-5-9-11-13-14-16-18-21(19(22)24-7-3,20(23)25-8-4)17-15-12-10-6-2/h5-18H2,1-4H3. The molecule has 0 radical (unpaired) electrons. The van der Waals surface area contributed by atoms with Crippen LogP contribution < -0.4 is 0 Å². The highest BCUT2D eigenvalue weighted by Crippen LogP contribution is 2.35. The van der Waals surface area contributed by atoms with Crippen LogP contribution in [0.15, 0.2) is 0 Å². The minimum atomic E-state index is -1.11. The van der Waals surface area contributed by atoms with Crippen LogP contribution in [0.25, 0.3) is 0 Å². The maximum absolute atomic E-state index is 12.7. The molecule has 4 heteroatoms. The average Bonchev–Trinajstić information content (AvgIpc) is 2.60. The number of hydrogen-bond acceptors (Lipinski definition) is 4. The summed E-state index contributed by atoms with van der Waals surface area (Å²) >= 11 is 0. The van der Waals surface area contributed by atoms with E-state index in [1.165, 1.54) is 19.3 Å². The molecule has 0 amide bonds. The van der Waals surface area contributed by atoms with Crippen molar-refractivity contribution in [2.45, 2.75) is 105 Å². The molecule has 0 aliphatic carbocycles. The summed E-state index contributed by atoms with van der Waals surface area (Å²) in [6.45, 7) is 8.52. The number of carbonyl (C=O) groups is 2. The largest absolute Gasteiger partial charge is 0.465 e. The van der Waals surface area contributed by atoms with Crippen LogP contribution in [-0.4, -0.2) is 25.2 Å². The molecule has 0 fully saturated rings. The van der Waals surface area contributed by atoms with E-state index in [9.17, 15) is 9.59 Å². The molecule has 0 aromatic rings. The maximum atomic E-state index is 12.7. The van der Waals surface area contributed by atoms with Gasteiger partial charge in [0.2, 0.25) is 0 Å². The van der Waals surface area contributed by atoms with Crippen molar-refractivity contribution in [1.82, 2.24) is 0 Å². The summed E-state index contributed by atoms with van der Waals surface area (Å²) < 4.78 is 10.6. The Morgan fingerprint density at radius 3 is 1.36 bits per heavy atom. The molecule has 0 unspecified atom stereocenters. The predicted octanol–water partition coefficient (Wildman–Crippen LogP) is 5.82. The van der Waals surface area contributed by atoms with E-state index < -0.39 is 17.4 Å². The Morgan fingerprint density at radius 2 is 0.960 bits per heavy atom. The molecule has 0 rings (SSSR count). The molecule has 0 heterocycles. The van der Waals surface area contributed by atoms with E-state index in [1.807, 2.05) is 0 Å². The van der Waals surface area contributed by atoms with Gasteiger partial charge in [-0.2, -0.15) is 0 Å². The van der Waals surface area contributed by atoms with Crippen LogP contribution in [-0.2, 0) is 19.1 Å². The summed E-state index contributed by atoms with van der Waals surface area (Å²) in [6, 6.07) is 0. The van der Waals surface area contributed by atoms with Gasteiger partial charge in [0.25, 0.3) is 0 Å². The van der Waals surface area contributed by atoms with Gasteiger partial charge in [0, 0.05) is 0 Å². The van der Waals surface area contributed by atoms with Crippen molar-refractivity contribution in [3.63, 3.8) is 0 Å². The molecule has 0 aromatic heterocycles. The minimum absolute atomic E-state index is 0.297. The van der Waals surface area contributed by atoms with Crippen LogP contribution in [0.3, 0.4) is 0 Å². The quantitative estimate of drug-likeness (QED) is 0.199. The lowest BCUT2D eigenvalue weighted by Crippen LogP contribution is -2.42. The Hall–Kier alpha value is -1.06. The summed E-state index contributed by atoms with van der Waals surface area (Å²) in [5, 5.41) is 0. The van der Waals surface area contributed by atoms with Crippen LogP contribution in [0.1, 0.15) is 105 Å². The maximum Gasteiger partial charge on any atom is 0.323 e. The van der Waals surface area contributed by atoms with Crippen molar-refractivity contribution in [2.75, 3.05) is 13.2 Å². The third-order valence-electron chi connectivity index (χ3n) is 4.75. The predicted molar refractivity (Wildman–Crippen MR) is 102 cm³/mol. The Balaban J connectivity index is 4.96. The van der Waals surface area contributed by atoms with Crippen molar-refractivity contribution in [3.05, 3.63) is 0 Å². The van der Waals surface area contributed by atoms with Crippen molar-refractivity contribution < 1.29 is 19.1 Å². The van der Waals surface area contributed by atoms with Crippen LogP contribution in [0.4, 0.5) is 0 Å². The van der Waals surface area contributed by atoms with E-state index in [1.54, 1.807) is 13.8 Å². The lowest BCUT2D eigenvalue weighted by Gasteiger charge is -2.29. The molecule has 25 heavy (non-hydrogen) atoms. The normalized spacial score (nSPS) is 11.4. The molecule has 148 valence electrons. The van der Waals surface area contributed by atoms with Gasteiger partial charge in [0.15, 0.2) is 5.41 Å². The van der Waals surface area contributed by atoms with Gasteiger partial charge < -0.3 is 9.47 Å². The fourth-order valence-electron chi connectivity index (χ4n) is 3.22.